The average Bonchev–Trinajstić information content (AvgIpc) is 3.48. The summed E-state index contributed by atoms with van der Waals surface area (Å²) >= 11 is 13.7. The van der Waals surface area contributed by atoms with Crippen LogP contribution in [0.25, 0.3) is 0 Å². The van der Waals surface area contributed by atoms with Gasteiger partial charge in [0, 0.05) is 28.7 Å². The number of rotatable bonds is 5. The number of halogens is 1. The molecule has 3 unspecified atom stereocenters. The maximum Gasteiger partial charge on any atom is 0.251 e. The van der Waals surface area contributed by atoms with Crippen molar-refractivity contribution in [2.24, 2.45) is 0 Å². The van der Waals surface area contributed by atoms with Crippen LogP contribution in [0.4, 0.5) is 5.69 Å². The van der Waals surface area contributed by atoms with Crippen molar-refractivity contribution in [3.63, 3.8) is 0 Å². The Balaban J connectivity index is 1.58. The molecule has 3 aliphatic heterocycles. The van der Waals surface area contributed by atoms with Gasteiger partial charge in [0.2, 0.25) is 5.91 Å². The lowest BCUT2D eigenvalue weighted by atomic mass is 9.72. The van der Waals surface area contributed by atoms with Crippen LogP contribution < -0.4 is 14.8 Å². The zero-order chi connectivity index (χ0) is 27.5. The molecule has 0 aliphatic carbocycles. The lowest BCUT2D eigenvalue weighted by molar-refractivity contribution is -0.138. The minimum Gasteiger partial charge on any atom is -0.493 e. The van der Waals surface area contributed by atoms with Crippen LogP contribution >= 0.6 is 35.6 Å². The molecule has 7 nitrogen and oxygen atoms in total. The fraction of sp³-hybridized carbons (Fsp3) is 0.276. The summed E-state index contributed by atoms with van der Waals surface area (Å²) in [6.45, 7) is 0.741. The number of ether oxygens (including phenoxy) is 2. The summed E-state index contributed by atoms with van der Waals surface area (Å²) in [4.78, 5) is 32.7. The van der Waals surface area contributed by atoms with Gasteiger partial charge in [-0.15, -0.1) is 0 Å². The Morgan fingerprint density at radius 1 is 1.05 bits per heavy atom. The molecule has 2 spiro atoms. The molecule has 3 atom stereocenters. The van der Waals surface area contributed by atoms with Gasteiger partial charge in [-0.25, -0.2) is 0 Å². The van der Waals surface area contributed by atoms with Crippen molar-refractivity contribution in [2.75, 3.05) is 33.1 Å². The van der Waals surface area contributed by atoms with E-state index in [2.05, 4.69) is 5.32 Å². The Hall–Kier alpha value is -3.11. The summed E-state index contributed by atoms with van der Waals surface area (Å²) in [5.74, 6) is 0.254. The number of benzene rings is 3. The number of thioether (sulfide) groups is 1. The van der Waals surface area contributed by atoms with Crippen molar-refractivity contribution in [3.8, 4) is 11.5 Å². The number of nitrogens with one attached hydrogen (secondary N) is 1. The number of likely N-dealkylation sites (N-methyl/N-ethyl adjacent to an activating group) is 1. The van der Waals surface area contributed by atoms with Crippen LogP contribution in [0.3, 0.4) is 0 Å². The highest BCUT2D eigenvalue weighted by molar-refractivity contribution is 8.25. The number of anilines is 1. The molecule has 2 saturated heterocycles. The normalized spacial score (nSPS) is 26.0. The number of methoxy groups -OCH3 is 2. The van der Waals surface area contributed by atoms with E-state index >= 15 is 0 Å². The second-order valence-corrected chi connectivity index (χ2v) is 12.2. The van der Waals surface area contributed by atoms with Crippen LogP contribution in [0.1, 0.15) is 22.6 Å². The zero-order valence-electron chi connectivity index (χ0n) is 21.6. The molecule has 39 heavy (non-hydrogen) atoms. The summed E-state index contributed by atoms with van der Waals surface area (Å²) in [7, 11) is 5.04. The molecular formula is C29H26ClN3O4S2. The molecule has 3 aliphatic rings. The van der Waals surface area contributed by atoms with Gasteiger partial charge in [0.25, 0.3) is 5.91 Å². The summed E-state index contributed by atoms with van der Waals surface area (Å²) in [5, 5.41) is 3.53. The first-order valence-corrected chi connectivity index (χ1v) is 14.0. The molecule has 2 amide bonds. The summed E-state index contributed by atoms with van der Waals surface area (Å²) in [5.41, 5.74) is 1.78. The van der Waals surface area contributed by atoms with E-state index in [1.165, 1.54) is 11.8 Å². The van der Waals surface area contributed by atoms with E-state index in [-0.39, 0.29) is 11.8 Å². The number of fused-ring (bicyclic) bond motifs is 3. The number of thiocarbonyl (C=S) groups is 1. The van der Waals surface area contributed by atoms with Gasteiger partial charge in [-0.2, -0.15) is 0 Å². The van der Waals surface area contributed by atoms with Gasteiger partial charge in [0.1, 0.15) is 9.07 Å². The number of hydrogen-bond donors (Lipinski definition) is 1. The molecular weight excluding hydrogens is 554 g/mol. The molecule has 3 aromatic rings. The minimum atomic E-state index is -1.34. The van der Waals surface area contributed by atoms with Crippen LogP contribution in [0, 0.1) is 0 Å². The van der Waals surface area contributed by atoms with E-state index in [1.807, 2.05) is 60.5 Å². The molecule has 10 heteroatoms. The quantitative estimate of drug-likeness (QED) is 0.425. The first-order valence-electron chi connectivity index (χ1n) is 12.4. The third-order valence-corrected chi connectivity index (χ3v) is 10.2. The third kappa shape index (κ3) is 3.57. The van der Waals surface area contributed by atoms with Crippen molar-refractivity contribution in [2.45, 2.75) is 22.7 Å². The van der Waals surface area contributed by atoms with Crippen LogP contribution in [0.15, 0.2) is 66.7 Å². The van der Waals surface area contributed by atoms with Crippen LogP contribution in [-0.4, -0.2) is 58.5 Å². The SMILES string of the molecule is COc1ccc(C2CN(C)C3(C(=O)Nc4ccc(Cl)cc43)C23SC(=S)N(Cc2ccccc2)C3=O)cc1OC. The molecule has 0 bridgehead atoms. The molecule has 200 valence electrons. The van der Waals surface area contributed by atoms with Gasteiger partial charge in [-0.1, -0.05) is 72.0 Å². The van der Waals surface area contributed by atoms with Gasteiger partial charge in [-0.3, -0.25) is 19.4 Å². The Morgan fingerprint density at radius 3 is 2.51 bits per heavy atom. The van der Waals surface area contributed by atoms with Gasteiger partial charge >= 0.3 is 0 Å². The van der Waals surface area contributed by atoms with E-state index in [4.69, 9.17) is 33.3 Å². The molecule has 0 aromatic heterocycles. The predicted octanol–water partition coefficient (Wildman–Crippen LogP) is 5.03. The monoisotopic (exact) mass is 579 g/mol. The number of carbonyl (C=O) groups is 2. The number of amides is 2. The van der Waals surface area contributed by atoms with Crippen molar-refractivity contribution in [1.82, 2.24) is 9.80 Å². The van der Waals surface area contributed by atoms with E-state index in [9.17, 15) is 9.59 Å². The summed E-state index contributed by atoms with van der Waals surface area (Å²) < 4.78 is 10.2. The fourth-order valence-electron chi connectivity index (χ4n) is 6.36. The van der Waals surface area contributed by atoms with E-state index in [0.717, 1.165) is 11.1 Å². The third-order valence-electron chi connectivity index (χ3n) is 8.03. The lowest BCUT2D eigenvalue weighted by Gasteiger charge is -2.41. The van der Waals surface area contributed by atoms with E-state index < -0.39 is 16.2 Å². The van der Waals surface area contributed by atoms with Crippen LogP contribution in [0.2, 0.25) is 5.02 Å². The summed E-state index contributed by atoms with van der Waals surface area (Å²) in [6.07, 6.45) is 0. The van der Waals surface area contributed by atoms with Gasteiger partial charge in [0.05, 0.1) is 20.8 Å². The number of carbonyl (C=O) groups excluding carboxylic acids is 2. The number of nitrogens with zero attached hydrogens (tertiary/aromatic N) is 2. The Morgan fingerprint density at radius 2 is 1.79 bits per heavy atom. The van der Waals surface area contributed by atoms with Gasteiger partial charge in [0.15, 0.2) is 17.0 Å². The average molecular weight is 580 g/mol. The highest BCUT2D eigenvalue weighted by Crippen LogP contribution is 2.66. The molecule has 0 saturated carbocycles. The largest absolute Gasteiger partial charge is 0.493 e. The maximum absolute atomic E-state index is 14.9. The first-order chi connectivity index (χ1) is 18.8. The molecule has 3 heterocycles. The minimum absolute atomic E-state index is 0.200. The maximum atomic E-state index is 14.9. The van der Waals surface area contributed by atoms with E-state index in [1.54, 1.807) is 37.3 Å². The molecule has 3 aromatic carbocycles. The second kappa shape index (κ2) is 9.52. The smallest absolute Gasteiger partial charge is 0.251 e. The van der Waals surface area contributed by atoms with Crippen molar-refractivity contribution >= 4 is 57.4 Å². The van der Waals surface area contributed by atoms with Crippen molar-refractivity contribution < 1.29 is 19.1 Å². The first kappa shape index (κ1) is 26.1. The molecule has 6 rings (SSSR count). The Kier molecular flexibility index (Phi) is 6.38. The Labute approximate surface area is 241 Å². The van der Waals surface area contributed by atoms with Gasteiger partial charge in [-0.05, 0) is 48.5 Å². The number of hydrogen-bond acceptors (Lipinski definition) is 7. The highest BCUT2D eigenvalue weighted by atomic mass is 35.5. The summed E-state index contributed by atoms with van der Waals surface area (Å²) in [6, 6.07) is 20.7. The highest BCUT2D eigenvalue weighted by Gasteiger charge is 2.77. The predicted molar refractivity (Wildman–Crippen MR) is 157 cm³/mol. The van der Waals surface area contributed by atoms with Crippen LogP contribution in [0.5, 0.6) is 11.5 Å². The Bertz CT molecular complexity index is 1520. The lowest BCUT2D eigenvalue weighted by Crippen LogP contribution is -2.61. The fourth-order valence-corrected chi connectivity index (χ4v) is 8.67. The standard InChI is InChI=1S/C29H26ClN3O4S2/c1-32-16-21(18-9-12-23(36-2)24(13-18)37-3)29(28(32)20-14-19(30)10-11-22(20)31-25(28)34)26(35)33(27(38)39-29)15-17-7-5-4-6-8-17/h4-14,21H,15-16H2,1-3H3,(H,31,34). The number of likely N-dealkylation sites (tertiary alicyclic amines) is 1. The van der Waals surface area contributed by atoms with Crippen molar-refractivity contribution in [1.29, 1.82) is 0 Å². The van der Waals surface area contributed by atoms with Crippen LogP contribution in [-0.2, 0) is 21.7 Å². The van der Waals surface area contributed by atoms with E-state index in [0.29, 0.717) is 45.2 Å². The molecule has 2 fully saturated rings. The van der Waals surface area contributed by atoms with Gasteiger partial charge < -0.3 is 14.8 Å². The second-order valence-electron chi connectivity index (χ2n) is 9.88. The molecule has 0 radical (unpaired) electrons. The van der Waals surface area contributed by atoms with Crippen molar-refractivity contribution in [3.05, 3.63) is 88.4 Å². The zero-order valence-corrected chi connectivity index (χ0v) is 24.0. The topological polar surface area (TPSA) is 71.1 Å². The molecule has 1 N–H and O–H groups in total.